The monoisotopic (exact) mass is 294 g/mol. The normalized spacial score (nSPS) is 17.7. The van der Waals surface area contributed by atoms with Gasteiger partial charge >= 0.3 is 0 Å². The van der Waals surface area contributed by atoms with E-state index >= 15 is 0 Å². The summed E-state index contributed by atoms with van der Waals surface area (Å²) in [6.07, 6.45) is 6.28. The molecule has 2 N–H and O–H groups in total. The molecule has 1 heterocycles. The molecule has 0 bridgehead atoms. The number of benzene rings is 1. The van der Waals surface area contributed by atoms with E-state index in [0.29, 0.717) is 11.6 Å². The van der Waals surface area contributed by atoms with Crippen molar-refractivity contribution in [3.05, 3.63) is 22.5 Å². The van der Waals surface area contributed by atoms with E-state index in [1.54, 1.807) is 0 Å². The number of anilines is 1. The van der Waals surface area contributed by atoms with Gasteiger partial charge < -0.3 is 10.2 Å². The van der Waals surface area contributed by atoms with Crippen molar-refractivity contribution in [1.29, 1.82) is 0 Å². The van der Waals surface area contributed by atoms with E-state index in [1.165, 1.54) is 32.1 Å². The van der Waals surface area contributed by atoms with Gasteiger partial charge in [0, 0.05) is 10.4 Å². The van der Waals surface area contributed by atoms with Crippen LogP contribution in [0.1, 0.15) is 43.9 Å². The van der Waals surface area contributed by atoms with Crippen LogP contribution in [-0.4, -0.2) is 4.98 Å². The highest BCUT2D eigenvalue weighted by Gasteiger charge is 2.21. The molecule has 1 aromatic carbocycles. The minimum absolute atomic E-state index is 0.481. The van der Waals surface area contributed by atoms with E-state index in [4.69, 9.17) is 10.2 Å². The molecule has 0 spiro atoms. The molecule has 17 heavy (non-hydrogen) atoms. The van der Waals surface area contributed by atoms with Crippen molar-refractivity contribution < 1.29 is 4.42 Å². The highest BCUT2D eigenvalue weighted by atomic mass is 79.9. The van der Waals surface area contributed by atoms with E-state index in [0.717, 1.165) is 21.5 Å². The summed E-state index contributed by atoms with van der Waals surface area (Å²) >= 11 is 3.43. The van der Waals surface area contributed by atoms with Gasteiger partial charge in [-0.05, 0) is 25.0 Å². The zero-order valence-electron chi connectivity index (χ0n) is 9.58. The first-order chi connectivity index (χ1) is 8.24. The number of nitrogens with two attached hydrogens (primary N) is 1. The molecule has 0 unspecified atom stereocenters. The number of aromatic nitrogens is 1. The molecule has 0 atom stereocenters. The van der Waals surface area contributed by atoms with Crippen molar-refractivity contribution in [2.24, 2.45) is 0 Å². The third-order valence-electron chi connectivity index (χ3n) is 3.45. The van der Waals surface area contributed by atoms with Gasteiger partial charge in [0.2, 0.25) is 0 Å². The minimum Gasteiger partial charge on any atom is -0.438 e. The van der Waals surface area contributed by atoms with Gasteiger partial charge in [0.25, 0.3) is 0 Å². The summed E-state index contributed by atoms with van der Waals surface area (Å²) in [5.74, 6) is 1.35. The molecule has 1 fully saturated rings. The van der Waals surface area contributed by atoms with E-state index in [-0.39, 0.29) is 0 Å². The average molecular weight is 295 g/mol. The van der Waals surface area contributed by atoms with Crippen molar-refractivity contribution in [3.63, 3.8) is 0 Å². The topological polar surface area (TPSA) is 52.0 Å². The highest BCUT2D eigenvalue weighted by Crippen LogP contribution is 2.35. The van der Waals surface area contributed by atoms with E-state index in [9.17, 15) is 0 Å². The fourth-order valence-corrected chi connectivity index (χ4v) is 3.03. The Balaban J connectivity index is 2.03. The molecule has 1 aromatic heterocycles. The smallest absolute Gasteiger partial charge is 0.198 e. The standard InChI is InChI=1S/C13H15BrN2O/c14-9-6-10(15)12-11(7-9)16-13(17-12)8-4-2-1-3-5-8/h6-8H,1-5,15H2. The fourth-order valence-electron chi connectivity index (χ4n) is 2.56. The van der Waals surface area contributed by atoms with Gasteiger partial charge in [-0.2, -0.15) is 0 Å². The second-order valence-electron chi connectivity index (χ2n) is 4.73. The van der Waals surface area contributed by atoms with Gasteiger partial charge in [-0.1, -0.05) is 35.2 Å². The molecular formula is C13H15BrN2O. The average Bonchev–Trinajstić information content (AvgIpc) is 2.74. The van der Waals surface area contributed by atoms with Crippen LogP contribution in [0.4, 0.5) is 5.69 Å². The summed E-state index contributed by atoms with van der Waals surface area (Å²) in [6.45, 7) is 0. The number of nitrogen functional groups attached to an aromatic ring is 1. The zero-order chi connectivity index (χ0) is 11.8. The van der Waals surface area contributed by atoms with E-state index in [1.807, 2.05) is 12.1 Å². The van der Waals surface area contributed by atoms with Gasteiger partial charge in [0.15, 0.2) is 11.5 Å². The van der Waals surface area contributed by atoms with Crippen LogP contribution in [-0.2, 0) is 0 Å². The maximum absolute atomic E-state index is 5.94. The maximum atomic E-state index is 5.94. The number of hydrogen-bond acceptors (Lipinski definition) is 3. The third-order valence-corrected chi connectivity index (χ3v) is 3.91. The lowest BCUT2D eigenvalue weighted by Gasteiger charge is -2.17. The Morgan fingerprint density at radius 1 is 1.24 bits per heavy atom. The van der Waals surface area contributed by atoms with Gasteiger partial charge in [-0.25, -0.2) is 4.98 Å². The molecule has 0 amide bonds. The van der Waals surface area contributed by atoms with Gasteiger partial charge in [-0.3, -0.25) is 0 Å². The summed E-state index contributed by atoms with van der Waals surface area (Å²) in [6, 6.07) is 3.82. The summed E-state index contributed by atoms with van der Waals surface area (Å²) in [5, 5.41) is 0. The van der Waals surface area contributed by atoms with Crippen molar-refractivity contribution in [3.8, 4) is 0 Å². The SMILES string of the molecule is Nc1cc(Br)cc2nc(C3CCCCC3)oc12. The van der Waals surface area contributed by atoms with E-state index < -0.39 is 0 Å². The molecule has 3 nitrogen and oxygen atoms in total. The number of rotatable bonds is 1. The van der Waals surface area contributed by atoms with Crippen LogP contribution in [0.3, 0.4) is 0 Å². The lowest BCUT2D eigenvalue weighted by atomic mass is 9.89. The molecule has 3 rings (SSSR count). The fraction of sp³-hybridized carbons (Fsp3) is 0.462. The summed E-state index contributed by atoms with van der Waals surface area (Å²) < 4.78 is 6.79. The minimum atomic E-state index is 0.481. The first-order valence-electron chi connectivity index (χ1n) is 6.09. The molecule has 0 aliphatic heterocycles. The summed E-state index contributed by atoms with van der Waals surface area (Å²) in [7, 11) is 0. The molecule has 90 valence electrons. The van der Waals surface area contributed by atoms with Crippen LogP contribution in [0.5, 0.6) is 0 Å². The molecule has 1 aliphatic carbocycles. The zero-order valence-corrected chi connectivity index (χ0v) is 11.2. The molecule has 0 saturated heterocycles. The molecule has 2 aromatic rings. The molecule has 1 saturated carbocycles. The van der Waals surface area contributed by atoms with Gasteiger partial charge in [0.1, 0.15) is 5.52 Å². The van der Waals surface area contributed by atoms with Gasteiger partial charge in [-0.15, -0.1) is 0 Å². The molecule has 4 heteroatoms. The predicted octanol–water partition coefficient (Wildman–Crippen LogP) is 4.22. The molecular weight excluding hydrogens is 280 g/mol. The third kappa shape index (κ3) is 2.06. The maximum Gasteiger partial charge on any atom is 0.198 e. The number of nitrogens with zero attached hydrogens (tertiary/aromatic N) is 1. The second-order valence-corrected chi connectivity index (χ2v) is 5.65. The Kier molecular flexibility index (Phi) is 2.82. The predicted molar refractivity (Wildman–Crippen MR) is 71.9 cm³/mol. The lowest BCUT2D eigenvalue weighted by molar-refractivity contribution is 0.373. The number of oxazole rings is 1. The Labute approximate surface area is 109 Å². The van der Waals surface area contributed by atoms with Crippen LogP contribution in [0, 0.1) is 0 Å². The van der Waals surface area contributed by atoms with Crippen molar-refractivity contribution in [1.82, 2.24) is 4.98 Å². The largest absolute Gasteiger partial charge is 0.438 e. The Morgan fingerprint density at radius 2 is 2.00 bits per heavy atom. The van der Waals surface area contributed by atoms with Crippen molar-refractivity contribution in [2.75, 3.05) is 5.73 Å². The number of halogens is 1. The highest BCUT2D eigenvalue weighted by molar-refractivity contribution is 9.10. The number of fused-ring (bicyclic) bond motifs is 1. The summed E-state index contributed by atoms with van der Waals surface area (Å²) in [4.78, 5) is 4.58. The first kappa shape index (κ1) is 11.1. The second kappa shape index (κ2) is 4.33. The van der Waals surface area contributed by atoms with Crippen LogP contribution < -0.4 is 5.73 Å². The Bertz CT molecular complexity index is 544. The van der Waals surface area contributed by atoms with Crippen LogP contribution >= 0.6 is 15.9 Å². The summed E-state index contributed by atoms with van der Waals surface area (Å²) in [5.41, 5.74) is 8.18. The molecule has 0 radical (unpaired) electrons. The lowest BCUT2D eigenvalue weighted by Crippen LogP contribution is -2.04. The molecule has 1 aliphatic rings. The first-order valence-corrected chi connectivity index (χ1v) is 6.89. The van der Waals surface area contributed by atoms with Crippen molar-refractivity contribution >= 4 is 32.7 Å². The van der Waals surface area contributed by atoms with Crippen LogP contribution in [0.2, 0.25) is 0 Å². The Hall–Kier alpha value is -1.03. The number of hydrogen-bond donors (Lipinski definition) is 1. The van der Waals surface area contributed by atoms with Crippen LogP contribution in [0.25, 0.3) is 11.1 Å². The van der Waals surface area contributed by atoms with E-state index in [2.05, 4.69) is 20.9 Å². The van der Waals surface area contributed by atoms with Crippen molar-refractivity contribution in [2.45, 2.75) is 38.0 Å². The quantitative estimate of drug-likeness (QED) is 0.801. The Morgan fingerprint density at radius 3 is 2.76 bits per heavy atom. The van der Waals surface area contributed by atoms with Gasteiger partial charge in [0.05, 0.1) is 5.69 Å². The van der Waals surface area contributed by atoms with Crippen LogP contribution in [0.15, 0.2) is 21.0 Å².